The van der Waals surface area contributed by atoms with Gasteiger partial charge in [-0.2, -0.15) is 5.26 Å². The van der Waals surface area contributed by atoms with E-state index in [4.69, 9.17) is 0 Å². The van der Waals surface area contributed by atoms with Gasteiger partial charge in [-0.05, 0) is 30.3 Å². The van der Waals surface area contributed by atoms with Crippen molar-refractivity contribution in [2.45, 2.75) is 5.16 Å². The number of nitrogens with zero attached hydrogens (tertiary/aromatic N) is 5. The molecule has 3 aromatic carbocycles. The molecule has 4 aromatic rings. The minimum atomic E-state index is -0.619. The summed E-state index contributed by atoms with van der Waals surface area (Å²) in [6, 6.07) is 20.7. The van der Waals surface area contributed by atoms with Crippen LogP contribution in [-0.4, -0.2) is 31.3 Å². The van der Waals surface area contributed by atoms with Crippen molar-refractivity contribution in [1.82, 2.24) is 14.8 Å². The molecule has 0 aliphatic heterocycles. The minimum absolute atomic E-state index is 0.0261. The van der Waals surface area contributed by atoms with Gasteiger partial charge in [0, 0.05) is 17.8 Å². The third-order valence-electron chi connectivity index (χ3n) is 4.70. The fourth-order valence-corrected chi connectivity index (χ4v) is 3.91. The number of aromatic nitrogens is 3. The number of rotatable bonds is 7. The number of nitro groups is 1. The molecule has 1 N–H and O–H groups in total. The highest BCUT2D eigenvalue weighted by molar-refractivity contribution is 7.99. The van der Waals surface area contributed by atoms with E-state index < -0.39 is 16.6 Å². The molecule has 1 aromatic heterocycles. The molecule has 0 atom stereocenters. The average Bonchev–Trinajstić information content (AvgIpc) is 3.27. The van der Waals surface area contributed by atoms with Gasteiger partial charge >= 0.3 is 0 Å². The normalized spacial score (nSPS) is 10.5. The van der Waals surface area contributed by atoms with Crippen molar-refractivity contribution >= 4 is 29.0 Å². The lowest BCUT2D eigenvalue weighted by Crippen LogP contribution is -2.15. The van der Waals surface area contributed by atoms with E-state index in [1.807, 2.05) is 36.4 Å². The first-order valence-electron chi connectivity index (χ1n) is 9.85. The van der Waals surface area contributed by atoms with E-state index >= 15 is 0 Å². The Bertz CT molecular complexity index is 1420. The summed E-state index contributed by atoms with van der Waals surface area (Å²) >= 11 is 1.08. The quantitative estimate of drug-likeness (QED) is 0.236. The van der Waals surface area contributed by atoms with Crippen LogP contribution in [-0.2, 0) is 4.79 Å². The summed E-state index contributed by atoms with van der Waals surface area (Å²) < 4.78 is 16.1. The third-order valence-corrected chi connectivity index (χ3v) is 5.63. The summed E-state index contributed by atoms with van der Waals surface area (Å²) in [6.45, 7) is 0. The minimum Gasteiger partial charge on any atom is -0.324 e. The van der Waals surface area contributed by atoms with Crippen molar-refractivity contribution in [2.75, 3.05) is 11.1 Å². The number of para-hydroxylation sites is 1. The molecule has 34 heavy (non-hydrogen) atoms. The van der Waals surface area contributed by atoms with Gasteiger partial charge in [-0.15, -0.1) is 10.2 Å². The number of hydrogen-bond acceptors (Lipinski definition) is 7. The number of nitro benzene ring substituents is 1. The second-order valence-electron chi connectivity index (χ2n) is 6.89. The van der Waals surface area contributed by atoms with E-state index in [9.17, 15) is 24.6 Å². The van der Waals surface area contributed by atoms with E-state index in [2.05, 4.69) is 15.5 Å². The SMILES string of the molecule is N#Cc1cc([N+](=O)[O-])ccc1NC(=O)CSc1nnc(-c2ccccc2F)n1-c1ccccc1. The van der Waals surface area contributed by atoms with Crippen LogP contribution in [0.4, 0.5) is 15.8 Å². The van der Waals surface area contributed by atoms with Gasteiger partial charge in [0.05, 0.1) is 27.5 Å². The summed E-state index contributed by atoms with van der Waals surface area (Å²) in [5, 5.41) is 31.4. The Labute approximate surface area is 197 Å². The summed E-state index contributed by atoms with van der Waals surface area (Å²) in [5.74, 6) is -0.715. The first-order valence-corrected chi connectivity index (χ1v) is 10.8. The lowest BCUT2D eigenvalue weighted by molar-refractivity contribution is -0.384. The zero-order chi connectivity index (χ0) is 24.1. The molecular weight excluding hydrogens is 459 g/mol. The number of nitrogens with one attached hydrogen (secondary N) is 1. The van der Waals surface area contributed by atoms with E-state index in [-0.39, 0.29) is 34.1 Å². The molecule has 0 fully saturated rings. The van der Waals surface area contributed by atoms with Gasteiger partial charge in [-0.25, -0.2) is 4.39 Å². The van der Waals surface area contributed by atoms with Crippen LogP contribution in [0.3, 0.4) is 0 Å². The number of amides is 1. The molecule has 0 unspecified atom stereocenters. The first-order chi connectivity index (χ1) is 16.5. The van der Waals surface area contributed by atoms with E-state index in [1.165, 1.54) is 18.2 Å². The highest BCUT2D eigenvalue weighted by Gasteiger charge is 2.20. The van der Waals surface area contributed by atoms with Crippen LogP contribution in [0.2, 0.25) is 0 Å². The summed E-state index contributed by atoms with van der Waals surface area (Å²) in [6.07, 6.45) is 0. The average molecular weight is 474 g/mol. The zero-order valence-electron chi connectivity index (χ0n) is 17.4. The number of anilines is 1. The lowest BCUT2D eigenvalue weighted by Gasteiger charge is -2.11. The molecule has 1 heterocycles. The third kappa shape index (κ3) is 4.77. The highest BCUT2D eigenvalue weighted by Crippen LogP contribution is 2.29. The van der Waals surface area contributed by atoms with E-state index in [0.29, 0.717) is 10.8 Å². The second kappa shape index (κ2) is 9.93. The maximum atomic E-state index is 14.5. The maximum absolute atomic E-state index is 14.5. The Morgan fingerprint density at radius 3 is 2.56 bits per heavy atom. The van der Waals surface area contributed by atoms with Crippen molar-refractivity contribution < 1.29 is 14.1 Å². The summed E-state index contributed by atoms with van der Waals surface area (Å²) in [5.41, 5.74) is 0.841. The van der Waals surface area contributed by atoms with Gasteiger partial charge in [0.25, 0.3) is 5.69 Å². The van der Waals surface area contributed by atoms with Crippen LogP contribution >= 0.6 is 11.8 Å². The summed E-state index contributed by atoms with van der Waals surface area (Å²) in [4.78, 5) is 22.8. The fraction of sp³-hybridized carbons (Fsp3) is 0.0435. The van der Waals surface area contributed by atoms with Gasteiger partial charge in [-0.1, -0.05) is 42.1 Å². The Kier molecular flexibility index (Phi) is 6.61. The molecule has 1 amide bonds. The molecule has 0 spiro atoms. The molecule has 11 heteroatoms. The first kappa shape index (κ1) is 22.6. The number of hydrogen-bond donors (Lipinski definition) is 1. The lowest BCUT2D eigenvalue weighted by atomic mass is 10.1. The number of non-ortho nitro benzene ring substituents is 1. The van der Waals surface area contributed by atoms with Gasteiger partial charge < -0.3 is 5.32 Å². The molecule has 0 saturated carbocycles. The Morgan fingerprint density at radius 1 is 1.12 bits per heavy atom. The van der Waals surface area contributed by atoms with Crippen LogP contribution in [0.5, 0.6) is 0 Å². The monoisotopic (exact) mass is 474 g/mol. The molecule has 9 nitrogen and oxygen atoms in total. The molecule has 0 radical (unpaired) electrons. The van der Waals surface area contributed by atoms with Crippen LogP contribution < -0.4 is 5.32 Å². The predicted molar refractivity (Wildman–Crippen MR) is 124 cm³/mol. The van der Waals surface area contributed by atoms with E-state index in [1.54, 1.807) is 22.8 Å². The molecule has 0 saturated heterocycles. The molecule has 0 aliphatic carbocycles. The van der Waals surface area contributed by atoms with Crippen LogP contribution in [0.1, 0.15) is 5.56 Å². The number of nitriles is 1. The number of carbonyl (C=O) groups is 1. The zero-order valence-corrected chi connectivity index (χ0v) is 18.2. The van der Waals surface area contributed by atoms with Crippen LogP contribution in [0.25, 0.3) is 17.1 Å². The van der Waals surface area contributed by atoms with Gasteiger partial charge in [0.2, 0.25) is 5.91 Å². The topological polar surface area (TPSA) is 127 Å². The molecule has 0 bridgehead atoms. The molecule has 4 rings (SSSR count). The fourth-order valence-electron chi connectivity index (χ4n) is 3.15. The number of benzene rings is 3. The standard InChI is InChI=1S/C23H15FN6O3S/c24-19-9-5-4-8-18(19)22-27-28-23(29(22)16-6-2-1-3-7-16)34-14-21(31)26-20-11-10-17(30(32)33)12-15(20)13-25/h1-12H,14H2,(H,26,31). The smallest absolute Gasteiger partial charge is 0.270 e. The Morgan fingerprint density at radius 2 is 1.85 bits per heavy atom. The van der Waals surface area contributed by atoms with Gasteiger partial charge in [-0.3, -0.25) is 19.5 Å². The Hall–Kier alpha value is -4.56. The van der Waals surface area contributed by atoms with Crippen molar-refractivity contribution in [3.8, 4) is 23.1 Å². The summed E-state index contributed by atoms with van der Waals surface area (Å²) in [7, 11) is 0. The van der Waals surface area contributed by atoms with Crippen LogP contribution in [0.15, 0.2) is 78.0 Å². The Balaban J connectivity index is 1.58. The van der Waals surface area contributed by atoms with Crippen molar-refractivity contribution in [3.63, 3.8) is 0 Å². The number of carbonyl (C=O) groups excluding carboxylic acids is 1. The maximum Gasteiger partial charge on any atom is 0.270 e. The second-order valence-corrected chi connectivity index (χ2v) is 7.84. The van der Waals surface area contributed by atoms with Crippen molar-refractivity contribution in [3.05, 3.63) is 94.3 Å². The van der Waals surface area contributed by atoms with E-state index in [0.717, 1.165) is 17.8 Å². The van der Waals surface area contributed by atoms with Crippen molar-refractivity contribution in [2.24, 2.45) is 0 Å². The number of halogens is 1. The van der Waals surface area contributed by atoms with Gasteiger partial charge in [0.15, 0.2) is 11.0 Å². The largest absolute Gasteiger partial charge is 0.324 e. The van der Waals surface area contributed by atoms with Crippen molar-refractivity contribution in [1.29, 1.82) is 5.26 Å². The number of thioether (sulfide) groups is 1. The predicted octanol–water partition coefficient (Wildman–Crippen LogP) is 4.58. The molecule has 0 aliphatic rings. The molecule has 168 valence electrons. The molecular formula is C23H15FN6O3S. The van der Waals surface area contributed by atoms with Crippen LogP contribution in [0, 0.1) is 27.3 Å². The van der Waals surface area contributed by atoms with Gasteiger partial charge in [0.1, 0.15) is 11.9 Å². The highest BCUT2D eigenvalue weighted by atomic mass is 32.2.